The molecule has 0 saturated heterocycles. The third kappa shape index (κ3) is 2.46. The quantitative estimate of drug-likeness (QED) is 0.492. The molecule has 0 fully saturated rings. The second kappa shape index (κ2) is 5.50. The van der Waals surface area contributed by atoms with E-state index in [1.165, 1.54) is 10.7 Å². The fraction of sp³-hybridized carbons (Fsp3) is 0.308. The van der Waals surface area contributed by atoms with Crippen LogP contribution < -0.4 is 4.74 Å². The van der Waals surface area contributed by atoms with Crippen molar-refractivity contribution in [2.75, 3.05) is 0 Å². The van der Waals surface area contributed by atoms with Crippen LogP contribution in [-0.2, 0) is 12.9 Å². The topological polar surface area (TPSA) is 70.2 Å². The van der Waals surface area contributed by atoms with E-state index in [0.29, 0.717) is 11.4 Å². The Morgan fingerprint density at radius 3 is 2.75 bits per heavy atom. The predicted octanol–water partition coefficient (Wildman–Crippen LogP) is 3.48. The number of aryl methyl sites for hydroxylation is 3. The Morgan fingerprint density at radius 1 is 1.45 bits per heavy atom. The van der Waals surface area contributed by atoms with Crippen LogP contribution in [0.15, 0.2) is 18.2 Å². The van der Waals surface area contributed by atoms with Gasteiger partial charge in [0.2, 0.25) is 11.6 Å². The van der Waals surface area contributed by atoms with Gasteiger partial charge in [-0.15, -0.1) is 11.6 Å². The standard InChI is InChI=1S/C13H14ClN3O3/c1-8-5-4-6-11(17(18)19)12(8)20-13-10(7-14)9(2)15-16(13)3/h4-6H,7H2,1-3H3. The Kier molecular flexibility index (Phi) is 3.94. The number of hydrogen-bond donors (Lipinski definition) is 0. The molecular weight excluding hydrogens is 282 g/mol. The van der Waals surface area contributed by atoms with E-state index in [1.807, 2.05) is 6.92 Å². The molecule has 0 aliphatic carbocycles. The average molecular weight is 296 g/mol. The zero-order chi connectivity index (χ0) is 14.9. The fourth-order valence-electron chi connectivity index (χ4n) is 1.97. The summed E-state index contributed by atoms with van der Waals surface area (Å²) in [5.41, 5.74) is 2.07. The molecule has 1 heterocycles. The molecule has 0 atom stereocenters. The van der Waals surface area contributed by atoms with Crippen LogP contribution >= 0.6 is 11.6 Å². The first-order chi connectivity index (χ1) is 9.45. The van der Waals surface area contributed by atoms with Crippen LogP contribution in [0.4, 0.5) is 5.69 Å². The van der Waals surface area contributed by atoms with Gasteiger partial charge in [0, 0.05) is 13.1 Å². The van der Waals surface area contributed by atoms with Crippen molar-refractivity contribution in [2.24, 2.45) is 7.05 Å². The van der Waals surface area contributed by atoms with Crippen LogP contribution in [0.25, 0.3) is 0 Å². The van der Waals surface area contributed by atoms with E-state index in [-0.39, 0.29) is 17.3 Å². The van der Waals surface area contributed by atoms with Crippen molar-refractivity contribution in [1.82, 2.24) is 9.78 Å². The summed E-state index contributed by atoms with van der Waals surface area (Å²) in [6.45, 7) is 3.57. The molecule has 0 radical (unpaired) electrons. The van der Waals surface area contributed by atoms with E-state index in [1.54, 1.807) is 26.1 Å². The van der Waals surface area contributed by atoms with Gasteiger partial charge in [0.05, 0.1) is 22.1 Å². The minimum atomic E-state index is -0.466. The molecule has 0 amide bonds. The van der Waals surface area contributed by atoms with Crippen LogP contribution in [0.1, 0.15) is 16.8 Å². The van der Waals surface area contributed by atoms with Crippen molar-refractivity contribution in [3.8, 4) is 11.6 Å². The first-order valence-corrected chi connectivity index (χ1v) is 6.49. The lowest BCUT2D eigenvalue weighted by Crippen LogP contribution is -2.00. The van der Waals surface area contributed by atoms with E-state index in [0.717, 1.165) is 11.3 Å². The third-order valence-corrected chi connectivity index (χ3v) is 3.28. The normalized spacial score (nSPS) is 10.6. The summed E-state index contributed by atoms with van der Waals surface area (Å²) >= 11 is 5.89. The van der Waals surface area contributed by atoms with Gasteiger partial charge in [-0.25, -0.2) is 4.68 Å². The molecule has 0 N–H and O–H groups in total. The number of rotatable bonds is 4. The summed E-state index contributed by atoms with van der Waals surface area (Å²) in [4.78, 5) is 10.6. The minimum Gasteiger partial charge on any atom is -0.431 e. The van der Waals surface area contributed by atoms with E-state index >= 15 is 0 Å². The van der Waals surface area contributed by atoms with Gasteiger partial charge in [0.15, 0.2) is 0 Å². The van der Waals surface area contributed by atoms with Crippen LogP contribution in [0, 0.1) is 24.0 Å². The third-order valence-electron chi connectivity index (χ3n) is 3.01. The van der Waals surface area contributed by atoms with Gasteiger partial charge < -0.3 is 4.74 Å². The molecule has 0 bridgehead atoms. The molecule has 2 rings (SSSR count). The maximum absolute atomic E-state index is 11.1. The van der Waals surface area contributed by atoms with Gasteiger partial charge in [-0.1, -0.05) is 12.1 Å². The lowest BCUT2D eigenvalue weighted by atomic mass is 10.2. The first kappa shape index (κ1) is 14.3. The summed E-state index contributed by atoms with van der Waals surface area (Å²) in [6, 6.07) is 4.79. The second-order valence-corrected chi connectivity index (χ2v) is 4.68. The van der Waals surface area contributed by atoms with Crippen molar-refractivity contribution in [2.45, 2.75) is 19.7 Å². The smallest absolute Gasteiger partial charge is 0.311 e. The zero-order valence-corrected chi connectivity index (χ0v) is 12.1. The van der Waals surface area contributed by atoms with Crippen molar-refractivity contribution in [1.29, 1.82) is 0 Å². The molecule has 20 heavy (non-hydrogen) atoms. The number of nitrogens with zero attached hydrogens (tertiary/aromatic N) is 3. The van der Waals surface area contributed by atoms with Crippen LogP contribution in [0.5, 0.6) is 11.6 Å². The molecule has 0 spiro atoms. The molecule has 0 aliphatic rings. The summed E-state index contributed by atoms with van der Waals surface area (Å²) in [5.74, 6) is 0.871. The summed E-state index contributed by atoms with van der Waals surface area (Å²) in [6.07, 6.45) is 0. The Balaban J connectivity index is 2.53. The highest BCUT2D eigenvalue weighted by Gasteiger charge is 2.22. The van der Waals surface area contributed by atoms with Crippen LogP contribution in [0.3, 0.4) is 0 Å². The van der Waals surface area contributed by atoms with Crippen molar-refractivity contribution < 1.29 is 9.66 Å². The Labute approximate surface area is 121 Å². The lowest BCUT2D eigenvalue weighted by molar-refractivity contribution is -0.385. The molecule has 106 valence electrons. The summed E-state index contributed by atoms with van der Waals surface area (Å²) < 4.78 is 7.28. The number of para-hydroxylation sites is 1. The van der Waals surface area contributed by atoms with E-state index in [2.05, 4.69) is 5.10 Å². The summed E-state index contributed by atoms with van der Waals surface area (Å²) in [5, 5.41) is 15.3. The SMILES string of the molecule is Cc1cccc([N+](=O)[O-])c1Oc1c(CCl)c(C)nn1C. The number of hydrogen-bond acceptors (Lipinski definition) is 4. The maximum atomic E-state index is 11.1. The van der Waals surface area contributed by atoms with Crippen molar-refractivity contribution in [3.05, 3.63) is 45.1 Å². The first-order valence-electron chi connectivity index (χ1n) is 5.96. The van der Waals surface area contributed by atoms with Crippen molar-refractivity contribution >= 4 is 17.3 Å². The van der Waals surface area contributed by atoms with Gasteiger partial charge in [-0.2, -0.15) is 5.10 Å². The van der Waals surface area contributed by atoms with E-state index < -0.39 is 4.92 Å². The highest BCUT2D eigenvalue weighted by Crippen LogP contribution is 2.36. The fourth-order valence-corrected chi connectivity index (χ4v) is 2.28. The number of benzene rings is 1. The Morgan fingerprint density at radius 2 is 2.15 bits per heavy atom. The number of nitro benzene ring substituents is 1. The lowest BCUT2D eigenvalue weighted by Gasteiger charge is -2.10. The number of halogens is 1. The van der Waals surface area contributed by atoms with Gasteiger partial charge in [-0.05, 0) is 19.4 Å². The van der Waals surface area contributed by atoms with Crippen LogP contribution in [0.2, 0.25) is 0 Å². The van der Waals surface area contributed by atoms with Gasteiger partial charge >= 0.3 is 5.69 Å². The monoisotopic (exact) mass is 295 g/mol. The van der Waals surface area contributed by atoms with E-state index in [9.17, 15) is 10.1 Å². The van der Waals surface area contributed by atoms with Crippen LogP contribution in [-0.4, -0.2) is 14.7 Å². The molecule has 7 heteroatoms. The predicted molar refractivity (Wildman–Crippen MR) is 75.4 cm³/mol. The van der Waals surface area contributed by atoms with Gasteiger partial charge in [0.25, 0.3) is 0 Å². The Hall–Kier alpha value is -2.08. The highest BCUT2D eigenvalue weighted by atomic mass is 35.5. The van der Waals surface area contributed by atoms with Gasteiger partial charge in [0.1, 0.15) is 0 Å². The number of ether oxygens (including phenoxy) is 1. The molecule has 1 aromatic heterocycles. The molecule has 0 aliphatic heterocycles. The largest absolute Gasteiger partial charge is 0.431 e. The summed E-state index contributed by atoms with van der Waals surface area (Å²) in [7, 11) is 1.71. The Bertz CT molecular complexity index is 667. The van der Waals surface area contributed by atoms with E-state index in [4.69, 9.17) is 16.3 Å². The molecule has 0 unspecified atom stereocenters. The number of alkyl halides is 1. The number of aromatic nitrogens is 2. The molecular formula is C13H14ClN3O3. The highest BCUT2D eigenvalue weighted by molar-refractivity contribution is 6.17. The zero-order valence-electron chi connectivity index (χ0n) is 11.4. The maximum Gasteiger partial charge on any atom is 0.311 e. The minimum absolute atomic E-state index is 0.0793. The molecule has 2 aromatic rings. The molecule has 6 nitrogen and oxygen atoms in total. The molecule has 0 saturated carbocycles. The second-order valence-electron chi connectivity index (χ2n) is 4.41. The molecule has 1 aromatic carbocycles. The number of nitro groups is 1. The van der Waals surface area contributed by atoms with Crippen molar-refractivity contribution in [3.63, 3.8) is 0 Å². The average Bonchev–Trinajstić information content (AvgIpc) is 2.65. The van der Waals surface area contributed by atoms with Gasteiger partial charge in [-0.3, -0.25) is 10.1 Å².